The zero-order valence-electron chi connectivity index (χ0n) is 12.4. The minimum absolute atomic E-state index is 0.168. The third-order valence-electron chi connectivity index (χ3n) is 3.80. The molecule has 0 saturated heterocycles. The van der Waals surface area contributed by atoms with Crippen LogP contribution >= 0.6 is 0 Å². The second-order valence-corrected chi connectivity index (χ2v) is 5.40. The Bertz CT molecular complexity index is 745. The highest BCUT2D eigenvalue weighted by Gasteiger charge is 2.10. The maximum Gasteiger partial charge on any atom is 0.167 e. The van der Waals surface area contributed by atoms with Gasteiger partial charge in [-0.1, -0.05) is 84.9 Å². The zero-order chi connectivity index (χ0) is 15.2. The average Bonchev–Trinajstić information content (AvgIpc) is 2.58. The molecule has 0 radical (unpaired) electrons. The van der Waals surface area contributed by atoms with Crippen LogP contribution in [-0.4, -0.2) is 5.78 Å². The van der Waals surface area contributed by atoms with Crippen LogP contribution in [0.4, 0.5) is 0 Å². The van der Waals surface area contributed by atoms with Gasteiger partial charge in [-0.25, -0.2) is 0 Å². The summed E-state index contributed by atoms with van der Waals surface area (Å²) in [6.45, 7) is 0. The highest BCUT2D eigenvalue weighted by Crippen LogP contribution is 2.16. The SMILES string of the molecule is O=C(Cc1ccccc1Cc1ccccc1)c1ccccc1. The monoisotopic (exact) mass is 286 g/mol. The number of ketones is 1. The van der Waals surface area contributed by atoms with Gasteiger partial charge in [0.1, 0.15) is 0 Å². The summed E-state index contributed by atoms with van der Waals surface area (Å²) in [6.07, 6.45) is 1.31. The van der Waals surface area contributed by atoms with Gasteiger partial charge in [0.25, 0.3) is 0 Å². The van der Waals surface area contributed by atoms with E-state index in [-0.39, 0.29) is 5.78 Å². The number of rotatable bonds is 5. The lowest BCUT2D eigenvalue weighted by atomic mass is 9.95. The number of carbonyl (C=O) groups excluding carboxylic acids is 1. The van der Waals surface area contributed by atoms with E-state index in [0.29, 0.717) is 6.42 Å². The molecule has 0 aromatic heterocycles. The summed E-state index contributed by atoms with van der Waals surface area (Å²) in [5.74, 6) is 0.168. The van der Waals surface area contributed by atoms with Crippen molar-refractivity contribution in [3.63, 3.8) is 0 Å². The molecule has 3 rings (SSSR count). The third-order valence-corrected chi connectivity index (χ3v) is 3.80. The Hall–Kier alpha value is -2.67. The van der Waals surface area contributed by atoms with Gasteiger partial charge in [-0.05, 0) is 23.1 Å². The van der Waals surface area contributed by atoms with Gasteiger partial charge in [0, 0.05) is 12.0 Å². The van der Waals surface area contributed by atoms with Gasteiger partial charge in [-0.2, -0.15) is 0 Å². The summed E-state index contributed by atoms with van der Waals surface area (Å²) in [7, 11) is 0. The van der Waals surface area contributed by atoms with Gasteiger partial charge in [0.2, 0.25) is 0 Å². The van der Waals surface area contributed by atoms with Crippen molar-refractivity contribution in [2.24, 2.45) is 0 Å². The highest BCUT2D eigenvalue weighted by molar-refractivity contribution is 5.97. The molecule has 0 spiro atoms. The first kappa shape index (κ1) is 14.3. The number of benzene rings is 3. The average molecular weight is 286 g/mol. The van der Waals surface area contributed by atoms with E-state index in [0.717, 1.165) is 17.5 Å². The van der Waals surface area contributed by atoms with Crippen molar-refractivity contribution in [2.45, 2.75) is 12.8 Å². The van der Waals surface area contributed by atoms with Crippen molar-refractivity contribution in [2.75, 3.05) is 0 Å². The van der Waals surface area contributed by atoms with E-state index in [1.807, 2.05) is 60.7 Å². The van der Waals surface area contributed by atoms with Crippen LogP contribution in [0.3, 0.4) is 0 Å². The minimum Gasteiger partial charge on any atom is -0.294 e. The molecule has 0 saturated carbocycles. The van der Waals surface area contributed by atoms with E-state index in [1.165, 1.54) is 11.1 Å². The molecule has 0 aliphatic rings. The Morgan fingerprint density at radius 3 is 1.86 bits per heavy atom. The maximum atomic E-state index is 12.4. The first-order valence-corrected chi connectivity index (χ1v) is 7.52. The second-order valence-electron chi connectivity index (χ2n) is 5.40. The Kier molecular flexibility index (Phi) is 4.45. The van der Waals surface area contributed by atoms with E-state index in [4.69, 9.17) is 0 Å². The molecule has 3 aromatic carbocycles. The van der Waals surface area contributed by atoms with Crippen molar-refractivity contribution in [3.05, 3.63) is 107 Å². The Balaban J connectivity index is 1.81. The molecule has 3 aromatic rings. The van der Waals surface area contributed by atoms with Crippen LogP contribution in [-0.2, 0) is 12.8 Å². The van der Waals surface area contributed by atoms with E-state index in [1.54, 1.807) is 0 Å². The van der Waals surface area contributed by atoms with Gasteiger partial charge in [0.15, 0.2) is 5.78 Å². The summed E-state index contributed by atoms with van der Waals surface area (Å²) in [4.78, 5) is 12.4. The third kappa shape index (κ3) is 3.50. The number of hydrogen-bond acceptors (Lipinski definition) is 1. The second kappa shape index (κ2) is 6.86. The first-order chi connectivity index (χ1) is 10.8. The summed E-state index contributed by atoms with van der Waals surface area (Å²) in [5.41, 5.74) is 4.37. The number of carbonyl (C=O) groups is 1. The standard InChI is InChI=1S/C21H18O/c22-21(18-11-5-2-6-12-18)16-20-14-8-7-13-19(20)15-17-9-3-1-4-10-17/h1-14H,15-16H2. The van der Waals surface area contributed by atoms with Gasteiger partial charge < -0.3 is 0 Å². The Morgan fingerprint density at radius 2 is 1.18 bits per heavy atom. The molecule has 0 aliphatic carbocycles. The van der Waals surface area contributed by atoms with E-state index in [2.05, 4.69) is 24.3 Å². The highest BCUT2D eigenvalue weighted by atomic mass is 16.1. The molecule has 0 aliphatic heterocycles. The molecule has 0 bridgehead atoms. The maximum absolute atomic E-state index is 12.4. The van der Waals surface area contributed by atoms with Crippen LogP contribution in [0.2, 0.25) is 0 Å². The summed E-state index contributed by atoms with van der Waals surface area (Å²) < 4.78 is 0. The minimum atomic E-state index is 0.168. The lowest BCUT2D eigenvalue weighted by Gasteiger charge is -2.09. The molecule has 0 N–H and O–H groups in total. The smallest absolute Gasteiger partial charge is 0.167 e. The molecule has 0 fully saturated rings. The molecule has 0 amide bonds. The largest absolute Gasteiger partial charge is 0.294 e. The number of Topliss-reactive ketones (excluding diaryl/α,β-unsaturated/α-hetero) is 1. The van der Waals surface area contributed by atoms with Crippen molar-refractivity contribution in [3.8, 4) is 0 Å². The van der Waals surface area contributed by atoms with Crippen LogP contribution in [0.15, 0.2) is 84.9 Å². The van der Waals surface area contributed by atoms with Crippen LogP contribution < -0.4 is 0 Å². The Morgan fingerprint density at radius 1 is 0.636 bits per heavy atom. The van der Waals surface area contributed by atoms with Gasteiger partial charge in [-0.3, -0.25) is 4.79 Å². The number of hydrogen-bond donors (Lipinski definition) is 0. The quantitative estimate of drug-likeness (QED) is 0.621. The van der Waals surface area contributed by atoms with Crippen molar-refractivity contribution < 1.29 is 4.79 Å². The van der Waals surface area contributed by atoms with Gasteiger partial charge in [-0.15, -0.1) is 0 Å². The van der Waals surface area contributed by atoms with E-state index in [9.17, 15) is 4.79 Å². The van der Waals surface area contributed by atoms with Crippen molar-refractivity contribution in [1.82, 2.24) is 0 Å². The summed E-state index contributed by atoms with van der Waals surface area (Å²) in [5, 5.41) is 0. The van der Waals surface area contributed by atoms with Crippen molar-refractivity contribution in [1.29, 1.82) is 0 Å². The molecule has 0 atom stereocenters. The molecule has 0 heterocycles. The fourth-order valence-corrected chi connectivity index (χ4v) is 2.62. The lowest BCUT2D eigenvalue weighted by molar-refractivity contribution is 0.0992. The van der Waals surface area contributed by atoms with Crippen LogP contribution in [0.1, 0.15) is 27.0 Å². The fourth-order valence-electron chi connectivity index (χ4n) is 2.62. The van der Waals surface area contributed by atoms with Crippen molar-refractivity contribution >= 4 is 5.78 Å². The molecule has 108 valence electrons. The molecular formula is C21H18O. The molecular weight excluding hydrogens is 268 g/mol. The predicted octanol–water partition coefficient (Wildman–Crippen LogP) is 4.70. The molecule has 22 heavy (non-hydrogen) atoms. The van der Waals surface area contributed by atoms with Crippen LogP contribution in [0, 0.1) is 0 Å². The lowest BCUT2D eigenvalue weighted by Crippen LogP contribution is -2.06. The van der Waals surface area contributed by atoms with Crippen LogP contribution in [0.25, 0.3) is 0 Å². The van der Waals surface area contributed by atoms with E-state index < -0.39 is 0 Å². The molecule has 1 heteroatoms. The summed E-state index contributed by atoms with van der Waals surface area (Å²) in [6, 6.07) is 28.1. The zero-order valence-corrected chi connectivity index (χ0v) is 12.4. The van der Waals surface area contributed by atoms with Gasteiger partial charge >= 0.3 is 0 Å². The van der Waals surface area contributed by atoms with Crippen LogP contribution in [0.5, 0.6) is 0 Å². The topological polar surface area (TPSA) is 17.1 Å². The Labute approximate surface area is 131 Å². The normalized spacial score (nSPS) is 10.4. The fraction of sp³-hybridized carbons (Fsp3) is 0.0952. The summed E-state index contributed by atoms with van der Waals surface area (Å²) >= 11 is 0. The van der Waals surface area contributed by atoms with Gasteiger partial charge in [0.05, 0.1) is 0 Å². The molecule has 1 nitrogen and oxygen atoms in total. The first-order valence-electron chi connectivity index (χ1n) is 7.52. The molecule has 0 unspecified atom stereocenters. The van der Waals surface area contributed by atoms with E-state index >= 15 is 0 Å². The predicted molar refractivity (Wildman–Crippen MR) is 90.2 cm³/mol.